The lowest BCUT2D eigenvalue weighted by molar-refractivity contribution is -0.155. The monoisotopic (exact) mass is 570 g/mol. The standard InChI is InChI=1S/C32H46O7Si/c1-21(2)40(22(3)4)38-25-18-28(23(5)35-20-24-12-9-8-10-13-24)37-31(34)15-11-14-26(33)27-16-17-29(36-27)32(6,7)30(19-25)39-40/h8-13,15-17,21-23,25-26,28,30,33H,14,18-20H2,1-7H3/b15-11+/t23-,25+,26-,28-,30-/m0/s1. The smallest absolute Gasteiger partial charge is 0.343 e. The first-order chi connectivity index (χ1) is 18.9. The minimum atomic E-state index is -2.72. The molecule has 0 unspecified atom stereocenters. The van der Waals surface area contributed by atoms with Gasteiger partial charge in [0.05, 0.1) is 24.9 Å². The van der Waals surface area contributed by atoms with E-state index in [0.717, 1.165) is 11.3 Å². The summed E-state index contributed by atoms with van der Waals surface area (Å²) in [6.45, 7) is 15.3. The van der Waals surface area contributed by atoms with Crippen LogP contribution in [0.15, 0.2) is 59.0 Å². The third-order valence-electron chi connectivity index (χ3n) is 8.41. The van der Waals surface area contributed by atoms with Crippen LogP contribution < -0.4 is 0 Å². The quantitative estimate of drug-likeness (QED) is 0.299. The Labute approximate surface area is 240 Å². The van der Waals surface area contributed by atoms with Crippen molar-refractivity contribution in [1.29, 1.82) is 0 Å². The van der Waals surface area contributed by atoms with Crippen LogP contribution in [0.2, 0.25) is 11.1 Å². The van der Waals surface area contributed by atoms with Gasteiger partial charge in [0.1, 0.15) is 23.7 Å². The molecule has 0 amide bonds. The molecule has 1 aromatic carbocycles. The van der Waals surface area contributed by atoms with Crippen LogP contribution in [0.4, 0.5) is 0 Å². The van der Waals surface area contributed by atoms with Crippen molar-refractivity contribution in [2.75, 3.05) is 0 Å². The van der Waals surface area contributed by atoms with E-state index >= 15 is 0 Å². The molecule has 4 rings (SSSR count). The fraction of sp³-hybridized carbons (Fsp3) is 0.594. The van der Waals surface area contributed by atoms with E-state index < -0.39 is 32.2 Å². The Morgan fingerprint density at radius 2 is 1.70 bits per heavy atom. The Balaban J connectivity index is 1.69. The molecular weight excluding hydrogens is 524 g/mol. The summed E-state index contributed by atoms with van der Waals surface area (Å²) in [6.07, 6.45) is 2.22. The minimum absolute atomic E-state index is 0.181. The number of carbonyl (C=O) groups excluding carboxylic acids is 1. The molecule has 40 heavy (non-hydrogen) atoms. The second-order valence-electron chi connectivity index (χ2n) is 12.4. The molecule has 1 saturated heterocycles. The zero-order valence-corrected chi connectivity index (χ0v) is 26.0. The normalized spacial score (nSPS) is 28.4. The summed E-state index contributed by atoms with van der Waals surface area (Å²) < 4.78 is 32.4. The molecule has 1 fully saturated rings. The highest BCUT2D eigenvalue weighted by Gasteiger charge is 2.55. The second kappa shape index (κ2) is 12.7. The SMILES string of the molecule is CC(C)[Si]1(C(C)C)O[C@@H]2C[C@@H]([C@H](C)OCc3ccccc3)OC(=O)/C=C/C[C@H](O)c3ccc(o3)C(C)(C)[C@H](C2)O1. The Hall–Kier alpha value is -2.23. The third-order valence-corrected chi connectivity index (χ3v) is 13.0. The Morgan fingerprint density at radius 3 is 2.38 bits per heavy atom. The lowest BCUT2D eigenvalue weighted by Crippen LogP contribution is -2.61. The molecule has 0 aliphatic carbocycles. The number of ether oxygens (including phenoxy) is 2. The zero-order chi connectivity index (χ0) is 29.1. The van der Waals surface area contributed by atoms with Crippen molar-refractivity contribution in [2.24, 2.45) is 0 Å². The number of furan rings is 1. The van der Waals surface area contributed by atoms with Crippen molar-refractivity contribution in [3.05, 3.63) is 71.7 Å². The number of carbonyl (C=O) groups is 1. The molecule has 2 aliphatic heterocycles. The summed E-state index contributed by atoms with van der Waals surface area (Å²) in [7, 11) is -2.72. The Bertz CT molecular complexity index is 1130. The number of hydrogen-bond donors (Lipinski definition) is 1. The van der Waals surface area contributed by atoms with Crippen LogP contribution >= 0.6 is 0 Å². The first kappa shape index (κ1) is 30.7. The predicted molar refractivity (Wildman–Crippen MR) is 156 cm³/mol. The Kier molecular flexibility index (Phi) is 9.78. The van der Waals surface area contributed by atoms with Gasteiger partial charge in [-0.25, -0.2) is 4.79 Å². The Morgan fingerprint density at radius 1 is 1.00 bits per heavy atom. The molecule has 0 spiro atoms. The van der Waals surface area contributed by atoms with Crippen molar-refractivity contribution < 1.29 is 32.6 Å². The third kappa shape index (κ3) is 6.79. The summed E-state index contributed by atoms with van der Waals surface area (Å²) in [6, 6.07) is 13.7. The summed E-state index contributed by atoms with van der Waals surface area (Å²) in [5, 5.41) is 10.7. The number of esters is 1. The topological polar surface area (TPSA) is 87.4 Å². The van der Waals surface area contributed by atoms with Gasteiger partial charge in [-0.1, -0.05) is 78.0 Å². The van der Waals surface area contributed by atoms with Gasteiger partial charge in [-0.05, 0) is 48.5 Å². The van der Waals surface area contributed by atoms with Crippen molar-refractivity contribution in [3.8, 4) is 0 Å². The van der Waals surface area contributed by atoms with E-state index in [2.05, 4.69) is 41.5 Å². The lowest BCUT2D eigenvalue weighted by atomic mass is 9.80. The molecule has 1 aromatic heterocycles. The van der Waals surface area contributed by atoms with E-state index in [4.69, 9.17) is 22.7 Å². The fourth-order valence-corrected chi connectivity index (χ4v) is 9.81. The number of hydrogen-bond acceptors (Lipinski definition) is 7. The molecule has 7 nitrogen and oxygen atoms in total. The maximum atomic E-state index is 12.9. The van der Waals surface area contributed by atoms with E-state index in [-0.39, 0.29) is 35.8 Å². The van der Waals surface area contributed by atoms with Crippen LogP contribution in [0, 0.1) is 0 Å². The highest BCUT2D eigenvalue weighted by Crippen LogP contribution is 2.46. The molecule has 220 valence electrons. The number of fused-ring (bicyclic) bond motifs is 4. The fourth-order valence-electron chi connectivity index (χ4n) is 5.78. The van der Waals surface area contributed by atoms with Gasteiger partial charge in [-0.3, -0.25) is 0 Å². The van der Waals surface area contributed by atoms with Gasteiger partial charge in [-0.15, -0.1) is 0 Å². The van der Waals surface area contributed by atoms with Crippen molar-refractivity contribution in [1.82, 2.24) is 0 Å². The van der Waals surface area contributed by atoms with Gasteiger partial charge >= 0.3 is 14.5 Å². The first-order valence-corrected chi connectivity index (χ1v) is 16.6. The van der Waals surface area contributed by atoms with Crippen LogP contribution in [-0.4, -0.2) is 44.1 Å². The molecular formula is C32H46O7Si. The van der Waals surface area contributed by atoms with Crippen molar-refractivity contribution >= 4 is 14.5 Å². The molecule has 2 aromatic rings. The minimum Gasteiger partial charge on any atom is -0.463 e. The van der Waals surface area contributed by atoms with E-state index in [0.29, 0.717) is 25.2 Å². The average Bonchev–Trinajstić information content (AvgIpc) is 3.42. The van der Waals surface area contributed by atoms with Crippen molar-refractivity contribution in [3.63, 3.8) is 0 Å². The van der Waals surface area contributed by atoms with Gasteiger partial charge in [0.2, 0.25) is 0 Å². The van der Waals surface area contributed by atoms with E-state index in [9.17, 15) is 9.90 Å². The second-order valence-corrected chi connectivity index (χ2v) is 16.6. The van der Waals surface area contributed by atoms with E-state index in [1.807, 2.05) is 49.4 Å². The molecule has 3 heterocycles. The summed E-state index contributed by atoms with van der Waals surface area (Å²) in [4.78, 5) is 12.9. The molecule has 5 atom stereocenters. The van der Waals surface area contributed by atoms with Crippen LogP contribution in [-0.2, 0) is 35.1 Å². The van der Waals surface area contributed by atoms with Crippen LogP contribution in [0.25, 0.3) is 0 Å². The average molecular weight is 571 g/mol. The van der Waals surface area contributed by atoms with Gasteiger partial charge in [0.15, 0.2) is 0 Å². The van der Waals surface area contributed by atoms with Gasteiger partial charge in [0.25, 0.3) is 0 Å². The molecule has 0 radical (unpaired) electrons. The molecule has 0 saturated carbocycles. The predicted octanol–water partition coefficient (Wildman–Crippen LogP) is 6.89. The molecule has 1 N–H and O–H groups in total. The lowest BCUT2D eigenvalue weighted by Gasteiger charge is -2.51. The highest BCUT2D eigenvalue weighted by atomic mass is 28.4. The summed E-state index contributed by atoms with van der Waals surface area (Å²) >= 11 is 0. The maximum absolute atomic E-state index is 12.9. The summed E-state index contributed by atoms with van der Waals surface area (Å²) in [5.74, 6) is 0.768. The zero-order valence-electron chi connectivity index (χ0n) is 25.0. The largest absolute Gasteiger partial charge is 0.463 e. The number of cyclic esters (lactones) is 1. The number of aliphatic hydroxyl groups excluding tert-OH is 1. The van der Waals surface area contributed by atoms with Crippen molar-refractivity contribution in [2.45, 2.75) is 121 Å². The van der Waals surface area contributed by atoms with Gasteiger partial charge in [-0.2, -0.15) is 0 Å². The molecule has 4 bridgehead atoms. The van der Waals surface area contributed by atoms with Gasteiger partial charge < -0.3 is 27.8 Å². The van der Waals surface area contributed by atoms with E-state index in [1.54, 1.807) is 6.08 Å². The number of rotatable bonds is 6. The van der Waals surface area contributed by atoms with Gasteiger partial charge in [0, 0.05) is 17.9 Å². The van der Waals surface area contributed by atoms with Crippen LogP contribution in [0.3, 0.4) is 0 Å². The number of benzene rings is 1. The molecule has 2 aliphatic rings. The van der Waals surface area contributed by atoms with Crippen LogP contribution in [0.5, 0.6) is 0 Å². The highest BCUT2D eigenvalue weighted by molar-refractivity contribution is 6.70. The number of aliphatic hydroxyl groups is 1. The molecule has 8 heteroatoms. The van der Waals surface area contributed by atoms with E-state index in [1.165, 1.54) is 6.08 Å². The first-order valence-electron chi connectivity index (χ1n) is 14.6. The summed E-state index contributed by atoms with van der Waals surface area (Å²) in [5.41, 5.74) is 1.000. The van der Waals surface area contributed by atoms with Crippen LogP contribution in [0.1, 0.15) is 90.9 Å². The maximum Gasteiger partial charge on any atom is 0.343 e.